The fourth-order valence-electron chi connectivity index (χ4n) is 2.69. The molecular formula is C18H24O5. The van der Waals surface area contributed by atoms with Gasteiger partial charge in [0.2, 0.25) is 0 Å². The number of methoxy groups -OCH3 is 3. The molecule has 0 aromatic heterocycles. The Balaban J connectivity index is 2.13. The SMILES string of the molecule is COc1cc(OC)c(C(=O)OCC2CC=CCC2C)cc1OC. The summed E-state index contributed by atoms with van der Waals surface area (Å²) in [5, 5.41) is 0. The van der Waals surface area contributed by atoms with Gasteiger partial charge in [0.15, 0.2) is 11.5 Å². The van der Waals surface area contributed by atoms with Crippen molar-refractivity contribution in [3.05, 3.63) is 29.8 Å². The van der Waals surface area contributed by atoms with E-state index in [0.717, 1.165) is 12.8 Å². The van der Waals surface area contributed by atoms with Crippen LogP contribution in [0, 0.1) is 11.8 Å². The summed E-state index contributed by atoms with van der Waals surface area (Å²) in [6.07, 6.45) is 6.30. The first-order valence-corrected chi connectivity index (χ1v) is 7.72. The summed E-state index contributed by atoms with van der Waals surface area (Å²) < 4.78 is 21.2. The largest absolute Gasteiger partial charge is 0.496 e. The van der Waals surface area contributed by atoms with Gasteiger partial charge in [-0.15, -0.1) is 0 Å². The molecule has 1 aliphatic rings. The van der Waals surface area contributed by atoms with E-state index in [9.17, 15) is 4.79 Å². The number of allylic oxidation sites excluding steroid dienone is 2. The van der Waals surface area contributed by atoms with Crippen molar-refractivity contribution >= 4 is 5.97 Å². The predicted molar refractivity (Wildman–Crippen MR) is 87.4 cm³/mol. The highest BCUT2D eigenvalue weighted by Gasteiger charge is 2.23. The Morgan fingerprint density at radius 1 is 1.00 bits per heavy atom. The number of hydrogen-bond acceptors (Lipinski definition) is 5. The van der Waals surface area contributed by atoms with E-state index in [-0.39, 0.29) is 0 Å². The minimum atomic E-state index is -0.412. The van der Waals surface area contributed by atoms with E-state index in [2.05, 4.69) is 19.1 Å². The quantitative estimate of drug-likeness (QED) is 0.593. The predicted octanol–water partition coefficient (Wildman–Crippen LogP) is 3.47. The molecule has 0 bridgehead atoms. The van der Waals surface area contributed by atoms with Gasteiger partial charge in [-0.2, -0.15) is 0 Å². The molecule has 2 rings (SSSR count). The fraction of sp³-hybridized carbons (Fsp3) is 0.500. The number of hydrogen-bond donors (Lipinski definition) is 0. The molecule has 0 aliphatic heterocycles. The molecule has 5 nitrogen and oxygen atoms in total. The molecule has 0 saturated heterocycles. The van der Waals surface area contributed by atoms with Crippen LogP contribution in [0.15, 0.2) is 24.3 Å². The fourth-order valence-corrected chi connectivity index (χ4v) is 2.69. The van der Waals surface area contributed by atoms with Crippen molar-refractivity contribution in [3.8, 4) is 17.2 Å². The minimum absolute atomic E-state index is 0.337. The van der Waals surface area contributed by atoms with Crippen molar-refractivity contribution in [1.82, 2.24) is 0 Å². The van der Waals surface area contributed by atoms with E-state index >= 15 is 0 Å². The molecule has 0 saturated carbocycles. The lowest BCUT2D eigenvalue weighted by atomic mass is 9.85. The molecule has 1 aromatic rings. The van der Waals surface area contributed by atoms with Crippen LogP contribution in [0.4, 0.5) is 0 Å². The lowest BCUT2D eigenvalue weighted by Crippen LogP contribution is -2.22. The summed E-state index contributed by atoms with van der Waals surface area (Å²) in [5.74, 6) is 1.84. The van der Waals surface area contributed by atoms with Gasteiger partial charge in [-0.1, -0.05) is 19.1 Å². The highest BCUT2D eigenvalue weighted by atomic mass is 16.5. The van der Waals surface area contributed by atoms with Crippen LogP contribution in [-0.2, 0) is 4.74 Å². The van der Waals surface area contributed by atoms with E-state index in [1.807, 2.05) is 0 Å². The Morgan fingerprint density at radius 3 is 2.22 bits per heavy atom. The van der Waals surface area contributed by atoms with Crippen molar-refractivity contribution < 1.29 is 23.7 Å². The van der Waals surface area contributed by atoms with Crippen LogP contribution in [0.2, 0.25) is 0 Å². The van der Waals surface area contributed by atoms with Crippen LogP contribution >= 0.6 is 0 Å². The third-order valence-electron chi connectivity index (χ3n) is 4.27. The number of rotatable bonds is 6. The van der Waals surface area contributed by atoms with Crippen molar-refractivity contribution in [2.45, 2.75) is 19.8 Å². The second-order valence-electron chi connectivity index (χ2n) is 5.69. The Kier molecular flexibility index (Phi) is 5.90. The molecule has 1 aliphatic carbocycles. The average Bonchev–Trinajstić information content (AvgIpc) is 2.59. The summed E-state index contributed by atoms with van der Waals surface area (Å²) in [4.78, 5) is 12.4. The third kappa shape index (κ3) is 3.97. The summed E-state index contributed by atoms with van der Waals surface area (Å²) in [6, 6.07) is 3.21. The number of carbonyl (C=O) groups excluding carboxylic acids is 1. The van der Waals surface area contributed by atoms with E-state index < -0.39 is 5.97 Å². The topological polar surface area (TPSA) is 54.0 Å². The average molecular weight is 320 g/mol. The van der Waals surface area contributed by atoms with Gasteiger partial charge in [-0.3, -0.25) is 0 Å². The van der Waals surface area contributed by atoms with Crippen LogP contribution in [0.25, 0.3) is 0 Å². The van der Waals surface area contributed by atoms with Crippen LogP contribution < -0.4 is 14.2 Å². The Labute approximate surface area is 137 Å². The highest BCUT2D eigenvalue weighted by Crippen LogP contribution is 2.35. The Hall–Kier alpha value is -2.17. The highest BCUT2D eigenvalue weighted by molar-refractivity contribution is 5.93. The summed E-state index contributed by atoms with van der Waals surface area (Å²) in [5.41, 5.74) is 0.337. The van der Waals surface area contributed by atoms with Crippen LogP contribution in [0.3, 0.4) is 0 Å². The zero-order chi connectivity index (χ0) is 16.8. The zero-order valence-electron chi connectivity index (χ0n) is 14.1. The molecule has 0 radical (unpaired) electrons. The van der Waals surface area contributed by atoms with Gasteiger partial charge in [0, 0.05) is 12.1 Å². The van der Waals surface area contributed by atoms with Crippen LogP contribution in [-0.4, -0.2) is 33.9 Å². The van der Waals surface area contributed by atoms with E-state index in [1.54, 1.807) is 12.1 Å². The van der Waals surface area contributed by atoms with Gasteiger partial charge in [0.05, 0.1) is 27.9 Å². The standard InChI is InChI=1S/C18H24O5/c1-12-7-5-6-8-13(12)11-23-18(19)14-9-16(21-3)17(22-4)10-15(14)20-2/h5-6,9-10,12-13H,7-8,11H2,1-4H3. The second-order valence-corrected chi connectivity index (χ2v) is 5.69. The summed E-state index contributed by atoms with van der Waals surface area (Å²) >= 11 is 0. The maximum absolute atomic E-state index is 12.4. The first-order chi connectivity index (χ1) is 11.1. The molecule has 0 amide bonds. The summed E-state index contributed by atoms with van der Waals surface area (Å²) in [7, 11) is 4.56. The zero-order valence-corrected chi connectivity index (χ0v) is 14.1. The smallest absolute Gasteiger partial charge is 0.342 e. The molecule has 0 N–H and O–H groups in total. The van der Waals surface area contributed by atoms with Gasteiger partial charge in [0.25, 0.3) is 0 Å². The Morgan fingerprint density at radius 2 is 1.61 bits per heavy atom. The molecule has 0 fully saturated rings. The molecule has 5 heteroatoms. The third-order valence-corrected chi connectivity index (χ3v) is 4.27. The van der Waals surface area contributed by atoms with Crippen molar-refractivity contribution in [3.63, 3.8) is 0 Å². The number of ether oxygens (including phenoxy) is 4. The molecule has 1 aromatic carbocycles. The maximum Gasteiger partial charge on any atom is 0.342 e. The second kappa shape index (κ2) is 7.90. The first kappa shape index (κ1) is 17.2. The summed E-state index contributed by atoms with van der Waals surface area (Å²) in [6.45, 7) is 2.58. The van der Waals surface area contributed by atoms with E-state index in [1.165, 1.54) is 21.3 Å². The number of benzene rings is 1. The van der Waals surface area contributed by atoms with Crippen LogP contribution in [0.5, 0.6) is 17.2 Å². The van der Waals surface area contributed by atoms with Gasteiger partial charge in [-0.05, 0) is 24.7 Å². The monoisotopic (exact) mass is 320 g/mol. The number of carbonyl (C=O) groups is 1. The first-order valence-electron chi connectivity index (χ1n) is 7.72. The van der Waals surface area contributed by atoms with E-state index in [4.69, 9.17) is 18.9 Å². The lowest BCUT2D eigenvalue weighted by Gasteiger charge is -2.24. The maximum atomic E-state index is 12.4. The lowest BCUT2D eigenvalue weighted by molar-refractivity contribution is 0.0391. The Bertz CT molecular complexity index is 579. The molecule has 2 unspecified atom stereocenters. The number of esters is 1. The minimum Gasteiger partial charge on any atom is -0.496 e. The van der Waals surface area contributed by atoms with Crippen LogP contribution in [0.1, 0.15) is 30.1 Å². The van der Waals surface area contributed by atoms with Gasteiger partial charge >= 0.3 is 5.97 Å². The van der Waals surface area contributed by atoms with E-state index in [0.29, 0.717) is 41.3 Å². The van der Waals surface area contributed by atoms with Gasteiger partial charge in [-0.25, -0.2) is 4.79 Å². The molecule has 0 spiro atoms. The molecule has 2 atom stereocenters. The van der Waals surface area contributed by atoms with Gasteiger partial charge < -0.3 is 18.9 Å². The van der Waals surface area contributed by atoms with Crippen molar-refractivity contribution in [1.29, 1.82) is 0 Å². The normalized spacial score (nSPS) is 20.0. The van der Waals surface area contributed by atoms with Crippen molar-refractivity contribution in [2.75, 3.05) is 27.9 Å². The van der Waals surface area contributed by atoms with Gasteiger partial charge in [0.1, 0.15) is 11.3 Å². The molecule has 126 valence electrons. The molecular weight excluding hydrogens is 296 g/mol. The molecule has 0 heterocycles. The van der Waals surface area contributed by atoms with Crippen molar-refractivity contribution in [2.24, 2.45) is 11.8 Å². The molecule has 23 heavy (non-hydrogen) atoms.